The van der Waals surface area contributed by atoms with Gasteiger partial charge in [0.05, 0.1) is 11.8 Å². The zero-order valence-corrected chi connectivity index (χ0v) is 13.8. The monoisotopic (exact) mass is 326 g/mol. The van der Waals surface area contributed by atoms with Crippen LogP contribution in [0.1, 0.15) is 53.1 Å². The lowest BCUT2D eigenvalue weighted by Crippen LogP contribution is -2.49. The predicted octanol–water partition coefficient (Wildman–Crippen LogP) is 1.76. The second-order valence-corrected chi connectivity index (χ2v) is 6.72. The number of rotatable bonds is 4. The first-order valence-electron chi connectivity index (χ1n) is 8.61. The van der Waals surface area contributed by atoms with Crippen molar-refractivity contribution in [3.63, 3.8) is 0 Å². The van der Waals surface area contributed by atoms with Crippen LogP contribution in [0.5, 0.6) is 0 Å². The Bertz CT molecular complexity index is 736. The Kier molecular flexibility index (Phi) is 3.92. The number of hydrogen-bond donors (Lipinski definition) is 3. The van der Waals surface area contributed by atoms with Gasteiger partial charge < -0.3 is 10.6 Å². The summed E-state index contributed by atoms with van der Waals surface area (Å²) in [5, 5.41) is 13.1. The number of carbonyl (C=O) groups is 1. The Morgan fingerprint density at radius 1 is 1.21 bits per heavy atom. The van der Waals surface area contributed by atoms with Crippen LogP contribution in [0.3, 0.4) is 0 Å². The molecular weight excluding hydrogens is 304 g/mol. The van der Waals surface area contributed by atoms with Gasteiger partial charge >= 0.3 is 0 Å². The maximum absolute atomic E-state index is 12.0. The van der Waals surface area contributed by atoms with Gasteiger partial charge in [0, 0.05) is 29.5 Å². The summed E-state index contributed by atoms with van der Waals surface area (Å²) in [6, 6.07) is 0.573. The number of H-pyrrole nitrogens is 1. The van der Waals surface area contributed by atoms with E-state index in [0.717, 1.165) is 37.3 Å². The molecule has 4 rings (SSSR count). The number of aryl methyl sites for hydroxylation is 2. The third-order valence-corrected chi connectivity index (χ3v) is 4.87. The molecule has 0 atom stereocenters. The fourth-order valence-corrected chi connectivity index (χ4v) is 3.53. The lowest BCUT2D eigenvalue weighted by Gasteiger charge is -2.37. The molecule has 3 N–H and O–H groups in total. The molecule has 126 valence electrons. The van der Waals surface area contributed by atoms with Crippen LogP contribution in [0.4, 0.5) is 5.82 Å². The Labute approximate surface area is 140 Å². The van der Waals surface area contributed by atoms with Crippen molar-refractivity contribution in [2.24, 2.45) is 0 Å². The number of nitrogens with one attached hydrogen (secondary N) is 3. The molecule has 0 aliphatic heterocycles. The second-order valence-electron chi connectivity index (χ2n) is 6.72. The van der Waals surface area contributed by atoms with E-state index >= 15 is 0 Å². The van der Waals surface area contributed by atoms with Crippen molar-refractivity contribution in [3.05, 3.63) is 35.0 Å². The Hall–Kier alpha value is -2.44. The lowest BCUT2D eigenvalue weighted by atomic mass is 9.86. The number of fused-ring (bicyclic) bond motifs is 1. The average Bonchev–Trinajstić information content (AvgIpc) is 3.07. The molecule has 0 aromatic carbocycles. The first-order valence-corrected chi connectivity index (χ1v) is 8.61. The van der Waals surface area contributed by atoms with Gasteiger partial charge in [-0.1, -0.05) is 0 Å². The molecule has 7 nitrogen and oxygen atoms in total. The summed E-state index contributed by atoms with van der Waals surface area (Å²) in [6.45, 7) is 1.95. The fourth-order valence-electron chi connectivity index (χ4n) is 3.53. The highest BCUT2D eigenvalue weighted by molar-refractivity contribution is 5.93. The van der Waals surface area contributed by atoms with Crippen LogP contribution in [0, 0.1) is 6.92 Å². The molecule has 2 heterocycles. The van der Waals surface area contributed by atoms with Crippen molar-refractivity contribution in [1.29, 1.82) is 0 Å². The minimum atomic E-state index is -0.0672. The summed E-state index contributed by atoms with van der Waals surface area (Å²) in [4.78, 5) is 21.2. The summed E-state index contributed by atoms with van der Waals surface area (Å²) >= 11 is 0. The molecule has 2 aromatic heterocycles. The Morgan fingerprint density at radius 3 is 2.83 bits per heavy atom. The molecule has 1 amide bonds. The number of carbonyl (C=O) groups excluding carboxylic acids is 1. The molecule has 0 unspecified atom stereocenters. The number of hydrogen-bond acceptors (Lipinski definition) is 5. The average molecular weight is 326 g/mol. The van der Waals surface area contributed by atoms with Crippen LogP contribution in [0.15, 0.2) is 12.4 Å². The number of aromatic amines is 1. The van der Waals surface area contributed by atoms with Crippen molar-refractivity contribution >= 4 is 11.7 Å². The summed E-state index contributed by atoms with van der Waals surface area (Å²) < 4.78 is 0. The van der Waals surface area contributed by atoms with Crippen LogP contribution in [-0.4, -0.2) is 38.2 Å². The third kappa shape index (κ3) is 2.98. The largest absolute Gasteiger partial charge is 0.367 e. The predicted molar refractivity (Wildman–Crippen MR) is 89.9 cm³/mol. The van der Waals surface area contributed by atoms with E-state index in [9.17, 15) is 4.79 Å². The number of amides is 1. The molecule has 1 saturated carbocycles. The van der Waals surface area contributed by atoms with E-state index in [4.69, 9.17) is 0 Å². The van der Waals surface area contributed by atoms with E-state index in [0.29, 0.717) is 11.6 Å². The maximum Gasteiger partial charge on any atom is 0.254 e. The fraction of sp³-hybridized carbons (Fsp3) is 0.529. The molecule has 1 fully saturated rings. The van der Waals surface area contributed by atoms with Gasteiger partial charge in [0.2, 0.25) is 0 Å². The molecule has 2 aliphatic carbocycles. The van der Waals surface area contributed by atoms with Gasteiger partial charge in [-0.3, -0.25) is 9.89 Å². The van der Waals surface area contributed by atoms with E-state index in [1.165, 1.54) is 24.1 Å². The van der Waals surface area contributed by atoms with Crippen LogP contribution in [-0.2, 0) is 12.8 Å². The molecule has 0 spiro atoms. The van der Waals surface area contributed by atoms with Gasteiger partial charge in [-0.05, 0) is 45.4 Å². The molecule has 0 radical (unpaired) electrons. The summed E-state index contributed by atoms with van der Waals surface area (Å²) in [7, 11) is 0. The maximum atomic E-state index is 12.0. The first-order chi connectivity index (χ1) is 11.7. The number of aromatic nitrogens is 4. The molecule has 7 heteroatoms. The molecule has 24 heavy (non-hydrogen) atoms. The van der Waals surface area contributed by atoms with Gasteiger partial charge in [0.15, 0.2) is 0 Å². The molecule has 0 saturated heterocycles. The standard InChI is InChI=1S/C17H22N6O/c1-10-20-15-5-3-2-4-14(15)16(21-10)22-12-6-13(7-12)23-17(24)11-8-18-19-9-11/h8-9,12-13H,2-7H2,1H3,(H,18,19)(H,23,24)(H,20,21,22). The zero-order chi connectivity index (χ0) is 16.5. The lowest BCUT2D eigenvalue weighted by molar-refractivity contribution is 0.0913. The summed E-state index contributed by atoms with van der Waals surface area (Å²) in [5.41, 5.74) is 3.07. The third-order valence-electron chi connectivity index (χ3n) is 4.87. The van der Waals surface area contributed by atoms with Crippen molar-refractivity contribution in [2.75, 3.05) is 5.32 Å². The number of nitrogens with zero attached hydrogens (tertiary/aromatic N) is 3. The summed E-state index contributed by atoms with van der Waals surface area (Å²) in [5.74, 6) is 1.77. The van der Waals surface area contributed by atoms with Gasteiger partial charge in [-0.2, -0.15) is 5.10 Å². The molecular formula is C17H22N6O. The van der Waals surface area contributed by atoms with Crippen LogP contribution >= 0.6 is 0 Å². The highest BCUT2D eigenvalue weighted by Gasteiger charge is 2.32. The van der Waals surface area contributed by atoms with Crippen LogP contribution < -0.4 is 10.6 Å². The minimum Gasteiger partial charge on any atom is -0.367 e. The van der Waals surface area contributed by atoms with E-state index < -0.39 is 0 Å². The highest BCUT2D eigenvalue weighted by atomic mass is 16.1. The quantitative estimate of drug-likeness (QED) is 0.796. The van der Waals surface area contributed by atoms with Gasteiger partial charge in [0.1, 0.15) is 11.6 Å². The second kappa shape index (κ2) is 6.22. The first kappa shape index (κ1) is 15.1. The van der Waals surface area contributed by atoms with Gasteiger partial charge in [-0.15, -0.1) is 0 Å². The minimum absolute atomic E-state index is 0.0672. The van der Waals surface area contributed by atoms with Crippen molar-refractivity contribution in [2.45, 2.75) is 57.5 Å². The molecule has 0 bridgehead atoms. The van der Waals surface area contributed by atoms with E-state index in [1.54, 1.807) is 12.4 Å². The van der Waals surface area contributed by atoms with E-state index in [1.807, 2.05) is 6.92 Å². The van der Waals surface area contributed by atoms with E-state index in [2.05, 4.69) is 30.8 Å². The highest BCUT2D eigenvalue weighted by Crippen LogP contribution is 2.29. The van der Waals surface area contributed by atoms with Crippen LogP contribution in [0.25, 0.3) is 0 Å². The van der Waals surface area contributed by atoms with Gasteiger partial charge in [0.25, 0.3) is 5.91 Å². The van der Waals surface area contributed by atoms with Crippen molar-refractivity contribution in [1.82, 2.24) is 25.5 Å². The normalized spacial score (nSPS) is 22.4. The SMILES string of the molecule is Cc1nc2c(c(NC3CC(NC(=O)c4cn[nH]c4)C3)n1)CCCC2. The molecule has 2 aromatic rings. The van der Waals surface area contributed by atoms with Crippen LogP contribution in [0.2, 0.25) is 0 Å². The van der Waals surface area contributed by atoms with Gasteiger partial charge in [-0.25, -0.2) is 9.97 Å². The smallest absolute Gasteiger partial charge is 0.254 e. The topological polar surface area (TPSA) is 95.6 Å². The Morgan fingerprint density at radius 2 is 2.04 bits per heavy atom. The number of anilines is 1. The van der Waals surface area contributed by atoms with Crippen molar-refractivity contribution < 1.29 is 4.79 Å². The summed E-state index contributed by atoms with van der Waals surface area (Å²) in [6.07, 6.45) is 9.53. The van der Waals surface area contributed by atoms with Crippen molar-refractivity contribution in [3.8, 4) is 0 Å². The zero-order valence-electron chi connectivity index (χ0n) is 13.8. The Balaban J connectivity index is 1.35. The van der Waals surface area contributed by atoms with E-state index in [-0.39, 0.29) is 11.9 Å². The molecule has 2 aliphatic rings.